The number of carbonyl (C=O) groups is 2. The molecule has 2 aromatic carbocycles. The van der Waals surface area contributed by atoms with Crippen LogP contribution >= 0.6 is 12.2 Å². The Bertz CT molecular complexity index is 1340. The van der Waals surface area contributed by atoms with E-state index in [0.717, 1.165) is 39.5 Å². The van der Waals surface area contributed by atoms with Crippen molar-refractivity contribution in [3.63, 3.8) is 0 Å². The lowest BCUT2D eigenvalue weighted by molar-refractivity contribution is -0.122. The second kappa shape index (κ2) is 9.27. The highest BCUT2D eigenvalue weighted by atomic mass is 32.1. The molecule has 1 saturated heterocycles. The molecule has 0 atom stereocenters. The maximum atomic E-state index is 13.4. The zero-order valence-corrected chi connectivity index (χ0v) is 20.7. The number of nitrogens with one attached hydrogen (secondary N) is 1. The van der Waals surface area contributed by atoms with Crippen LogP contribution in [0.1, 0.15) is 35.0 Å². The average Bonchev–Trinajstić information content (AvgIpc) is 3.07. The van der Waals surface area contributed by atoms with E-state index >= 15 is 0 Å². The molecule has 7 heteroatoms. The van der Waals surface area contributed by atoms with Crippen molar-refractivity contribution < 1.29 is 14.3 Å². The number of rotatable bonds is 5. The number of aromatic nitrogens is 1. The SMILES string of the molecule is CCOc1ccc(-n2c(C)cc(/C=C3\C(=O)NC(=S)N(c4ccc(C)c(C)c4)C3=O)c2C)cc1. The molecule has 4 rings (SSSR count). The number of carbonyl (C=O) groups excluding carboxylic acids is 2. The van der Waals surface area contributed by atoms with Gasteiger partial charge in [0.05, 0.1) is 12.3 Å². The van der Waals surface area contributed by atoms with Crippen molar-refractivity contribution in [2.24, 2.45) is 0 Å². The van der Waals surface area contributed by atoms with Crippen LogP contribution in [0, 0.1) is 27.7 Å². The molecular weight excluding hydrogens is 446 g/mol. The Kier molecular flexibility index (Phi) is 6.39. The Morgan fingerprint density at radius 3 is 2.26 bits per heavy atom. The van der Waals surface area contributed by atoms with Crippen LogP contribution in [0.2, 0.25) is 0 Å². The van der Waals surface area contributed by atoms with Crippen molar-refractivity contribution in [2.75, 3.05) is 11.5 Å². The predicted molar refractivity (Wildman–Crippen MR) is 139 cm³/mol. The van der Waals surface area contributed by atoms with E-state index in [0.29, 0.717) is 12.3 Å². The maximum absolute atomic E-state index is 13.4. The zero-order chi connectivity index (χ0) is 24.6. The first-order chi connectivity index (χ1) is 16.2. The number of anilines is 1. The van der Waals surface area contributed by atoms with Gasteiger partial charge in [-0.1, -0.05) is 6.07 Å². The maximum Gasteiger partial charge on any atom is 0.270 e. The zero-order valence-electron chi connectivity index (χ0n) is 19.9. The molecule has 1 aromatic heterocycles. The summed E-state index contributed by atoms with van der Waals surface area (Å²) in [5.74, 6) is -0.133. The van der Waals surface area contributed by atoms with Crippen LogP contribution in [0.15, 0.2) is 54.1 Å². The van der Waals surface area contributed by atoms with Crippen molar-refractivity contribution >= 4 is 40.9 Å². The van der Waals surface area contributed by atoms with Gasteiger partial charge < -0.3 is 9.30 Å². The van der Waals surface area contributed by atoms with E-state index in [-0.39, 0.29) is 10.7 Å². The monoisotopic (exact) mass is 473 g/mol. The fourth-order valence-corrected chi connectivity index (χ4v) is 4.38. The number of nitrogens with zero attached hydrogens (tertiary/aromatic N) is 2. The molecule has 6 nitrogen and oxygen atoms in total. The minimum Gasteiger partial charge on any atom is -0.494 e. The molecule has 0 unspecified atom stereocenters. The highest BCUT2D eigenvalue weighted by molar-refractivity contribution is 7.80. The van der Waals surface area contributed by atoms with Crippen LogP contribution in [0.4, 0.5) is 5.69 Å². The molecule has 0 radical (unpaired) electrons. The highest BCUT2D eigenvalue weighted by Crippen LogP contribution is 2.27. The smallest absolute Gasteiger partial charge is 0.270 e. The summed E-state index contributed by atoms with van der Waals surface area (Å²) in [6.07, 6.45) is 1.64. The number of hydrogen-bond acceptors (Lipinski definition) is 4. The summed E-state index contributed by atoms with van der Waals surface area (Å²) in [6, 6.07) is 15.5. The van der Waals surface area contributed by atoms with E-state index in [1.54, 1.807) is 6.08 Å². The van der Waals surface area contributed by atoms with Gasteiger partial charge in [-0.15, -0.1) is 0 Å². The molecule has 1 aliphatic heterocycles. The third kappa shape index (κ3) is 4.26. The lowest BCUT2D eigenvalue weighted by atomic mass is 10.1. The quantitative estimate of drug-likeness (QED) is 0.324. The fourth-order valence-electron chi connectivity index (χ4n) is 4.10. The summed E-state index contributed by atoms with van der Waals surface area (Å²) in [7, 11) is 0. The molecule has 1 fully saturated rings. The molecule has 2 amide bonds. The number of aryl methyl sites for hydroxylation is 3. The molecule has 174 valence electrons. The van der Waals surface area contributed by atoms with Crippen LogP contribution < -0.4 is 15.0 Å². The van der Waals surface area contributed by atoms with E-state index in [2.05, 4.69) is 9.88 Å². The first-order valence-corrected chi connectivity index (χ1v) is 11.5. The third-order valence-corrected chi connectivity index (χ3v) is 6.31. The van der Waals surface area contributed by atoms with Gasteiger partial charge in [0, 0.05) is 17.1 Å². The molecule has 0 aliphatic carbocycles. The number of amides is 2. The summed E-state index contributed by atoms with van der Waals surface area (Å²) in [4.78, 5) is 27.5. The van der Waals surface area contributed by atoms with Crippen molar-refractivity contribution in [3.8, 4) is 11.4 Å². The topological polar surface area (TPSA) is 63.6 Å². The lowest BCUT2D eigenvalue weighted by Gasteiger charge is -2.29. The second-order valence-corrected chi connectivity index (χ2v) is 8.70. The third-order valence-electron chi connectivity index (χ3n) is 6.03. The Hall–Kier alpha value is -3.71. The highest BCUT2D eigenvalue weighted by Gasteiger charge is 2.34. The van der Waals surface area contributed by atoms with E-state index in [1.807, 2.05) is 83.1 Å². The van der Waals surface area contributed by atoms with Crippen LogP contribution in [-0.2, 0) is 9.59 Å². The van der Waals surface area contributed by atoms with E-state index < -0.39 is 11.8 Å². The summed E-state index contributed by atoms with van der Waals surface area (Å²) in [6.45, 7) is 10.5. The van der Waals surface area contributed by atoms with Crippen LogP contribution in [0.5, 0.6) is 5.75 Å². The molecular formula is C27H27N3O3S. The van der Waals surface area contributed by atoms with Gasteiger partial charge in [-0.05, 0) is 112 Å². The Labute approximate surface area is 204 Å². The van der Waals surface area contributed by atoms with Gasteiger partial charge in [-0.2, -0.15) is 0 Å². The van der Waals surface area contributed by atoms with Crippen LogP contribution in [-0.4, -0.2) is 28.1 Å². The van der Waals surface area contributed by atoms with E-state index in [4.69, 9.17) is 17.0 Å². The molecule has 0 saturated carbocycles. The van der Waals surface area contributed by atoms with Crippen molar-refractivity contribution in [1.82, 2.24) is 9.88 Å². The van der Waals surface area contributed by atoms with Gasteiger partial charge >= 0.3 is 0 Å². The minimum atomic E-state index is -0.499. The molecule has 0 spiro atoms. The largest absolute Gasteiger partial charge is 0.494 e. The van der Waals surface area contributed by atoms with Gasteiger partial charge in [0.15, 0.2) is 5.11 Å². The van der Waals surface area contributed by atoms with Crippen molar-refractivity contribution in [1.29, 1.82) is 0 Å². The predicted octanol–water partition coefficient (Wildman–Crippen LogP) is 4.94. The first-order valence-electron chi connectivity index (χ1n) is 11.1. The average molecular weight is 474 g/mol. The van der Waals surface area contributed by atoms with Gasteiger partial charge in [0.2, 0.25) is 0 Å². The van der Waals surface area contributed by atoms with Gasteiger partial charge in [-0.25, -0.2) is 0 Å². The lowest BCUT2D eigenvalue weighted by Crippen LogP contribution is -2.54. The summed E-state index contributed by atoms with van der Waals surface area (Å²) in [5.41, 5.74) is 6.48. The summed E-state index contributed by atoms with van der Waals surface area (Å²) in [5, 5.41) is 2.74. The molecule has 34 heavy (non-hydrogen) atoms. The second-order valence-electron chi connectivity index (χ2n) is 8.32. The fraction of sp³-hybridized carbons (Fsp3) is 0.222. The van der Waals surface area contributed by atoms with Crippen molar-refractivity contribution in [3.05, 3.63) is 82.2 Å². The van der Waals surface area contributed by atoms with E-state index in [9.17, 15) is 9.59 Å². The molecule has 0 bridgehead atoms. The standard InChI is InChI=1S/C27H27N3O3S/c1-6-33-23-11-9-21(10-12-23)29-18(4)14-20(19(29)5)15-24-25(31)28-27(34)30(26(24)32)22-8-7-16(2)17(3)13-22/h7-15H,6H2,1-5H3,(H,28,31,34)/b24-15+. The van der Waals surface area contributed by atoms with E-state index in [1.165, 1.54) is 4.90 Å². The number of thiocarbonyl (C=S) groups is 1. The molecule has 1 N–H and O–H groups in total. The minimum absolute atomic E-state index is 0.0405. The molecule has 1 aliphatic rings. The Balaban J connectivity index is 1.72. The number of benzene rings is 2. The number of ether oxygens (including phenoxy) is 1. The Morgan fingerprint density at radius 2 is 1.62 bits per heavy atom. The van der Waals surface area contributed by atoms with Crippen LogP contribution in [0.3, 0.4) is 0 Å². The first kappa shape index (κ1) is 23.4. The summed E-state index contributed by atoms with van der Waals surface area (Å²) < 4.78 is 7.62. The van der Waals surface area contributed by atoms with Gasteiger partial charge in [0.1, 0.15) is 11.3 Å². The van der Waals surface area contributed by atoms with Crippen LogP contribution in [0.25, 0.3) is 11.8 Å². The number of hydrogen-bond donors (Lipinski definition) is 1. The molecule has 2 heterocycles. The Morgan fingerprint density at radius 1 is 0.941 bits per heavy atom. The van der Waals surface area contributed by atoms with Gasteiger partial charge in [-0.3, -0.25) is 19.8 Å². The van der Waals surface area contributed by atoms with Gasteiger partial charge in [0.25, 0.3) is 11.8 Å². The summed E-state index contributed by atoms with van der Waals surface area (Å²) >= 11 is 5.33. The normalized spacial score (nSPS) is 15.1. The molecule has 3 aromatic rings. The van der Waals surface area contributed by atoms with Crippen molar-refractivity contribution in [2.45, 2.75) is 34.6 Å².